The second-order valence-corrected chi connectivity index (χ2v) is 6.06. The van der Waals surface area contributed by atoms with E-state index in [1.54, 1.807) is 6.33 Å². The van der Waals surface area contributed by atoms with E-state index < -0.39 is 0 Å². The zero-order chi connectivity index (χ0) is 13.6. The summed E-state index contributed by atoms with van der Waals surface area (Å²) in [6.07, 6.45) is 5.60. The first-order chi connectivity index (χ1) is 9.08. The number of hydrogen-bond acceptors (Lipinski definition) is 3. The summed E-state index contributed by atoms with van der Waals surface area (Å²) in [5.74, 6) is 2.25. The van der Waals surface area contributed by atoms with Crippen LogP contribution in [0.5, 0.6) is 0 Å². The van der Waals surface area contributed by atoms with Crippen molar-refractivity contribution in [3.63, 3.8) is 0 Å². The fourth-order valence-electron chi connectivity index (χ4n) is 3.47. The van der Waals surface area contributed by atoms with Crippen LogP contribution in [0, 0.1) is 25.7 Å². The molecule has 1 aliphatic carbocycles. The van der Waals surface area contributed by atoms with Gasteiger partial charge in [-0.05, 0) is 44.1 Å². The van der Waals surface area contributed by atoms with Gasteiger partial charge in [0.15, 0.2) is 0 Å². The van der Waals surface area contributed by atoms with Crippen LogP contribution in [0.2, 0.25) is 0 Å². The van der Waals surface area contributed by atoms with E-state index in [1.165, 1.54) is 30.5 Å². The summed E-state index contributed by atoms with van der Waals surface area (Å²) in [5.41, 5.74) is 9.51. The number of nitrogens with zero attached hydrogens (tertiary/aromatic N) is 3. The molecule has 4 heteroatoms. The van der Waals surface area contributed by atoms with Gasteiger partial charge in [0.25, 0.3) is 0 Å². The molecule has 3 rings (SSSR count). The highest BCUT2D eigenvalue weighted by molar-refractivity contribution is 5.90. The van der Waals surface area contributed by atoms with Crippen molar-refractivity contribution >= 4 is 16.9 Å². The largest absolute Gasteiger partial charge is 0.383 e. The van der Waals surface area contributed by atoms with Gasteiger partial charge in [0.2, 0.25) is 0 Å². The number of hydrogen-bond donors (Lipinski definition) is 1. The molecule has 2 aromatic heterocycles. The Kier molecular flexibility index (Phi) is 2.96. The molecule has 0 radical (unpaired) electrons. The first kappa shape index (κ1) is 12.5. The van der Waals surface area contributed by atoms with Crippen LogP contribution in [0.15, 0.2) is 6.33 Å². The Morgan fingerprint density at radius 3 is 2.79 bits per heavy atom. The van der Waals surface area contributed by atoms with Gasteiger partial charge in [0.05, 0.1) is 5.39 Å². The zero-order valence-electron chi connectivity index (χ0n) is 12.0. The first-order valence-electron chi connectivity index (χ1n) is 7.13. The zero-order valence-corrected chi connectivity index (χ0v) is 12.0. The van der Waals surface area contributed by atoms with Crippen molar-refractivity contribution in [3.8, 4) is 0 Å². The van der Waals surface area contributed by atoms with Crippen LogP contribution in [-0.4, -0.2) is 14.5 Å². The van der Waals surface area contributed by atoms with Gasteiger partial charge < -0.3 is 10.3 Å². The summed E-state index contributed by atoms with van der Waals surface area (Å²) in [6.45, 7) is 7.70. The third-order valence-corrected chi connectivity index (χ3v) is 4.68. The molecule has 2 aromatic rings. The third-order valence-electron chi connectivity index (χ3n) is 4.68. The minimum absolute atomic E-state index is 0.601. The average Bonchev–Trinajstić information content (AvgIpc) is 2.88. The highest BCUT2D eigenvalue weighted by atomic mass is 15.1. The maximum absolute atomic E-state index is 6.01. The van der Waals surface area contributed by atoms with Crippen molar-refractivity contribution in [2.45, 2.75) is 46.6 Å². The molecule has 1 aliphatic rings. The van der Waals surface area contributed by atoms with E-state index in [1.807, 2.05) is 0 Å². The van der Waals surface area contributed by atoms with Gasteiger partial charge in [-0.25, -0.2) is 9.97 Å². The fourth-order valence-corrected chi connectivity index (χ4v) is 3.47. The molecule has 1 saturated carbocycles. The molecule has 102 valence electrons. The minimum Gasteiger partial charge on any atom is -0.383 e. The van der Waals surface area contributed by atoms with E-state index in [9.17, 15) is 0 Å². The lowest BCUT2D eigenvalue weighted by atomic mass is 10.1. The van der Waals surface area contributed by atoms with Gasteiger partial charge in [0.1, 0.15) is 17.8 Å². The van der Waals surface area contributed by atoms with E-state index >= 15 is 0 Å². The Hall–Kier alpha value is -1.58. The maximum Gasteiger partial charge on any atom is 0.145 e. The standard InChI is InChI=1S/C15H22N4/c1-9-4-5-12(6-9)7-19-11(3)10(2)13-14(16)17-8-18-15(13)19/h8-9,12H,4-7H2,1-3H3,(H2,16,17,18). The Labute approximate surface area is 114 Å². The van der Waals surface area contributed by atoms with Crippen molar-refractivity contribution < 1.29 is 0 Å². The molecule has 4 nitrogen and oxygen atoms in total. The lowest BCUT2D eigenvalue weighted by Crippen LogP contribution is -2.10. The van der Waals surface area contributed by atoms with E-state index in [2.05, 4.69) is 35.3 Å². The van der Waals surface area contributed by atoms with Crippen molar-refractivity contribution in [2.24, 2.45) is 11.8 Å². The fraction of sp³-hybridized carbons (Fsp3) is 0.600. The van der Waals surface area contributed by atoms with Gasteiger partial charge in [-0.2, -0.15) is 0 Å². The van der Waals surface area contributed by atoms with Crippen LogP contribution in [0.1, 0.15) is 37.4 Å². The molecule has 0 aliphatic heterocycles. The topological polar surface area (TPSA) is 56.7 Å². The number of aryl methyl sites for hydroxylation is 1. The van der Waals surface area contributed by atoms with E-state index in [4.69, 9.17) is 5.73 Å². The van der Waals surface area contributed by atoms with Crippen molar-refractivity contribution in [3.05, 3.63) is 17.6 Å². The van der Waals surface area contributed by atoms with Gasteiger partial charge in [-0.3, -0.25) is 0 Å². The molecule has 2 atom stereocenters. The molecule has 0 amide bonds. The van der Waals surface area contributed by atoms with Crippen LogP contribution in [-0.2, 0) is 6.54 Å². The van der Waals surface area contributed by atoms with Crippen molar-refractivity contribution in [2.75, 3.05) is 5.73 Å². The normalized spacial score (nSPS) is 23.3. The van der Waals surface area contributed by atoms with Crippen molar-refractivity contribution in [1.29, 1.82) is 0 Å². The van der Waals surface area contributed by atoms with E-state index in [0.717, 1.165) is 29.4 Å². The molecular weight excluding hydrogens is 236 g/mol. The minimum atomic E-state index is 0.601. The highest BCUT2D eigenvalue weighted by Crippen LogP contribution is 2.34. The summed E-state index contributed by atoms with van der Waals surface area (Å²) < 4.78 is 2.34. The van der Waals surface area contributed by atoms with Crippen LogP contribution in [0.3, 0.4) is 0 Å². The molecule has 1 fully saturated rings. The first-order valence-corrected chi connectivity index (χ1v) is 7.13. The molecule has 0 saturated heterocycles. The second kappa shape index (κ2) is 4.51. The van der Waals surface area contributed by atoms with Gasteiger partial charge >= 0.3 is 0 Å². The molecule has 2 unspecified atom stereocenters. The van der Waals surface area contributed by atoms with Crippen LogP contribution in [0.25, 0.3) is 11.0 Å². The SMILES string of the molecule is Cc1c(C)n(CC2CCC(C)C2)c2ncnc(N)c12. The van der Waals surface area contributed by atoms with Crippen LogP contribution >= 0.6 is 0 Å². The second-order valence-electron chi connectivity index (χ2n) is 6.06. The average molecular weight is 258 g/mol. The maximum atomic E-state index is 6.01. The van der Waals surface area contributed by atoms with Gasteiger partial charge in [-0.1, -0.05) is 13.3 Å². The summed E-state index contributed by atoms with van der Waals surface area (Å²) >= 11 is 0. The monoisotopic (exact) mass is 258 g/mol. The van der Waals surface area contributed by atoms with E-state index in [-0.39, 0.29) is 0 Å². The predicted octanol–water partition coefficient (Wildman–Crippen LogP) is 3.07. The molecular formula is C15H22N4. The van der Waals surface area contributed by atoms with Crippen molar-refractivity contribution in [1.82, 2.24) is 14.5 Å². The summed E-state index contributed by atoms with van der Waals surface area (Å²) in [4.78, 5) is 8.58. The summed E-state index contributed by atoms with van der Waals surface area (Å²) in [6, 6.07) is 0. The number of rotatable bonds is 2. The Balaban J connectivity index is 2.03. The molecule has 2 N–H and O–H groups in total. The highest BCUT2D eigenvalue weighted by Gasteiger charge is 2.24. The Bertz CT molecular complexity index is 614. The molecule has 2 heterocycles. The number of aromatic nitrogens is 3. The van der Waals surface area contributed by atoms with E-state index in [0.29, 0.717) is 5.82 Å². The van der Waals surface area contributed by atoms with Crippen LogP contribution in [0.4, 0.5) is 5.82 Å². The van der Waals surface area contributed by atoms with Gasteiger partial charge in [-0.15, -0.1) is 0 Å². The molecule has 0 aromatic carbocycles. The third kappa shape index (κ3) is 1.99. The summed E-state index contributed by atoms with van der Waals surface area (Å²) in [5, 5.41) is 1.03. The summed E-state index contributed by atoms with van der Waals surface area (Å²) in [7, 11) is 0. The smallest absolute Gasteiger partial charge is 0.145 e. The predicted molar refractivity (Wildman–Crippen MR) is 77.9 cm³/mol. The lowest BCUT2D eigenvalue weighted by molar-refractivity contribution is 0.442. The van der Waals surface area contributed by atoms with Gasteiger partial charge in [0, 0.05) is 12.2 Å². The molecule has 0 spiro atoms. The Morgan fingerprint density at radius 2 is 2.11 bits per heavy atom. The lowest BCUT2D eigenvalue weighted by Gasteiger charge is -2.13. The van der Waals surface area contributed by atoms with Crippen LogP contribution < -0.4 is 5.73 Å². The quantitative estimate of drug-likeness (QED) is 0.900. The number of fused-ring (bicyclic) bond motifs is 1. The number of nitrogens with two attached hydrogens (primary N) is 1. The number of nitrogen functional groups attached to an aromatic ring is 1. The Morgan fingerprint density at radius 1 is 1.32 bits per heavy atom. The number of anilines is 1. The molecule has 0 bridgehead atoms. The molecule has 19 heavy (non-hydrogen) atoms.